The number of aliphatic hydroxyl groups is 8. The molecule has 10 atom stereocenters. The molecule has 2 saturated heterocycles. The van der Waals surface area contributed by atoms with E-state index in [4.69, 9.17) is 19.3 Å². The minimum Gasteiger partial charge on any atom is -0.394 e. The summed E-state index contributed by atoms with van der Waals surface area (Å²) in [5.41, 5.74) is 0. The van der Waals surface area contributed by atoms with Gasteiger partial charge < -0.3 is 55.1 Å². The lowest BCUT2D eigenvalue weighted by atomic mass is 9.98. The molecule has 136 valence electrons. The average Bonchev–Trinajstić information content (AvgIpc) is 2.54. The van der Waals surface area contributed by atoms with Gasteiger partial charge in [-0.1, -0.05) is 0 Å². The smallest absolute Gasteiger partial charge is 0.186 e. The Balaban J connectivity index is 1.94. The van der Waals surface area contributed by atoms with Crippen molar-refractivity contribution in [3.8, 4) is 0 Å². The molecular formula is C12H22O11. The Morgan fingerprint density at radius 3 is 1.83 bits per heavy atom. The normalized spacial score (nSPS) is 51.7. The van der Waals surface area contributed by atoms with Crippen molar-refractivity contribution in [1.29, 1.82) is 0 Å². The van der Waals surface area contributed by atoms with Crippen LogP contribution in [0.25, 0.3) is 0 Å². The second-order valence-electron chi connectivity index (χ2n) is 5.57. The Labute approximate surface area is 130 Å². The Morgan fingerprint density at radius 2 is 1.22 bits per heavy atom. The Hall–Kier alpha value is -0.440. The zero-order valence-corrected chi connectivity index (χ0v) is 12.0. The first-order chi connectivity index (χ1) is 10.8. The molecule has 2 heterocycles. The van der Waals surface area contributed by atoms with Crippen LogP contribution in [0, 0.1) is 0 Å². The monoisotopic (exact) mass is 342 g/mol. The van der Waals surface area contributed by atoms with Crippen LogP contribution in [-0.2, 0) is 14.2 Å². The Bertz CT molecular complexity index is 380. The van der Waals surface area contributed by atoms with Crippen molar-refractivity contribution in [2.75, 3.05) is 13.2 Å². The first-order valence-corrected chi connectivity index (χ1v) is 7.07. The van der Waals surface area contributed by atoms with Gasteiger partial charge in [0, 0.05) is 0 Å². The highest BCUT2D eigenvalue weighted by Gasteiger charge is 2.46. The quantitative estimate of drug-likeness (QED) is 0.243. The van der Waals surface area contributed by atoms with Gasteiger partial charge in [0.15, 0.2) is 12.6 Å². The molecule has 0 amide bonds. The van der Waals surface area contributed by atoms with E-state index in [2.05, 4.69) is 0 Å². The van der Waals surface area contributed by atoms with E-state index in [-0.39, 0.29) is 0 Å². The number of hydrogen-bond donors (Lipinski definition) is 8. The van der Waals surface area contributed by atoms with Crippen LogP contribution in [0.5, 0.6) is 0 Å². The highest BCUT2D eigenvalue weighted by atomic mass is 16.7. The summed E-state index contributed by atoms with van der Waals surface area (Å²) >= 11 is 0. The minimum atomic E-state index is -1.74. The first-order valence-electron chi connectivity index (χ1n) is 7.07. The average molecular weight is 342 g/mol. The predicted octanol–water partition coefficient (Wildman–Crippen LogP) is -5.40. The highest BCUT2D eigenvalue weighted by molar-refractivity contribution is 4.91. The third kappa shape index (κ3) is 3.81. The summed E-state index contributed by atoms with van der Waals surface area (Å²) in [4.78, 5) is 0. The molecule has 0 aromatic heterocycles. The Kier molecular flexibility index (Phi) is 6.27. The fraction of sp³-hybridized carbons (Fsp3) is 1.00. The molecule has 2 aliphatic heterocycles. The largest absolute Gasteiger partial charge is 0.394 e. The van der Waals surface area contributed by atoms with E-state index in [0.29, 0.717) is 0 Å². The predicted molar refractivity (Wildman–Crippen MR) is 68.6 cm³/mol. The molecule has 11 nitrogen and oxygen atoms in total. The van der Waals surface area contributed by atoms with Crippen molar-refractivity contribution in [3.63, 3.8) is 0 Å². The van der Waals surface area contributed by atoms with Gasteiger partial charge in [-0.05, 0) is 0 Å². The second-order valence-corrected chi connectivity index (χ2v) is 5.57. The van der Waals surface area contributed by atoms with Gasteiger partial charge in [-0.3, -0.25) is 0 Å². The molecule has 2 aliphatic rings. The molecule has 0 radical (unpaired) electrons. The van der Waals surface area contributed by atoms with E-state index < -0.39 is 74.6 Å². The number of aliphatic hydroxyl groups excluding tert-OH is 8. The highest BCUT2D eigenvalue weighted by Crippen LogP contribution is 2.24. The molecule has 0 unspecified atom stereocenters. The molecule has 0 bridgehead atoms. The van der Waals surface area contributed by atoms with Crippen LogP contribution in [0.1, 0.15) is 0 Å². The summed E-state index contributed by atoms with van der Waals surface area (Å²) in [5.74, 6) is 0. The number of hydrogen-bond acceptors (Lipinski definition) is 11. The van der Waals surface area contributed by atoms with Crippen LogP contribution in [0.2, 0.25) is 0 Å². The fourth-order valence-electron chi connectivity index (χ4n) is 2.46. The number of ether oxygens (including phenoxy) is 3. The van der Waals surface area contributed by atoms with Crippen LogP contribution in [-0.4, -0.2) is 115 Å². The van der Waals surface area contributed by atoms with Crippen molar-refractivity contribution >= 4 is 0 Å². The molecule has 2 fully saturated rings. The topological polar surface area (TPSA) is 190 Å². The van der Waals surface area contributed by atoms with Crippen molar-refractivity contribution in [1.82, 2.24) is 0 Å². The van der Waals surface area contributed by atoms with Gasteiger partial charge in [0.2, 0.25) is 0 Å². The van der Waals surface area contributed by atoms with E-state index in [1.165, 1.54) is 0 Å². The van der Waals surface area contributed by atoms with Crippen LogP contribution in [0.15, 0.2) is 0 Å². The molecule has 2 rings (SSSR count). The standard InChI is InChI=1S/C12H22O11/c13-1-3-5(14)8(17)10(19)12(23-3)21-2-4-6(15)7(16)9(18)11(20)22-4/h3-20H,1-2H2/t3-,4-,5-,6+,7+,8+,9+,10+,11+,12-/m0/s1. The van der Waals surface area contributed by atoms with Gasteiger partial charge in [0.25, 0.3) is 0 Å². The van der Waals surface area contributed by atoms with Crippen molar-refractivity contribution < 1.29 is 55.1 Å². The van der Waals surface area contributed by atoms with Gasteiger partial charge in [-0.2, -0.15) is 0 Å². The molecule has 23 heavy (non-hydrogen) atoms. The first kappa shape index (κ1) is 18.9. The SMILES string of the molecule is OC[C@@H]1O[C@H](OC[C@@H]2O[C@@H](O)[C@H](O)[C@H](O)[C@@H]2O)[C@H](O)[C@H](O)[C@H]1O. The zero-order valence-electron chi connectivity index (χ0n) is 12.0. The Morgan fingerprint density at radius 1 is 0.652 bits per heavy atom. The van der Waals surface area contributed by atoms with E-state index in [0.717, 1.165) is 0 Å². The second kappa shape index (κ2) is 7.63. The maximum atomic E-state index is 9.78. The molecule has 0 aromatic rings. The fourth-order valence-corrected chi connectivity index (χ4v) is 2.46. The van der Waals surface area contributed by atoms with Gasteiger partial charge in [0.1, 0.15) is 48.8 Å². The summed E-state index contributed by atoms with van der Waals surface area (Å²) in [6.07, 6.45) is -15.3. The van der Waals surface area contributed by atoms with Gasteiger partial charge in [-0.15, -0.1) is 0 Å². The summed E-state index contributed by atoms with van der Waals surface area (Å²) in [6.45, 7) is -1.10. The third-order valence-corrected chi connectivity index (χ3v) is 3.96. The van der Waals surface area contributed by atoms with E-state index in [1.807, 2.05) is 0 Å². The van der Waals surface area contributed by atoms with Crippen LogP contribution in [0.4, 0.5) is 0 Å². The lowest BCUT2D eigenvalue weighted by molar-refractivity contribution is -0.325. The maximum Gasteiger partial charge on any atom is 0.186 e. The summed E-state index contributed by atoms with van der Waals surface area (Å²) < 4.78 is 15.1. The lowest BCUT2D eigenvalue weighted by Crippen LogP contribution is -2.61. The summed E-state index contributed by atoms with van der Waals surface area (Å²) in [6, 6.07) is 0. The minimum absolute atomic E-state index is 0.468. The van der Waals surface area contributed by atoms with E-state index in [1.54, 1.807) is 0 Å². The summed E-state index contributed by atoms with van der Waals surface area (Å²) in [5, 5.41) is 76.1. The lowest BCUT2D eigenvalue weighted by Gasteiger charge is -2.41. The number of rotatable bonds is 4. The molecule has 8 N–H and O–H groups in total. The summed E-state index contributed by atoms with van der Waals surface area (Å²) in [7, 11) is 0. The van der Waals surface area contributed by atoms with Crippen molar-refractivity contribution in [3.05, 3.63) is 0 Å². The van der Waals surface area contributed by atoms with E-state index >= 15 is 0 Å². The van der Waals surface area contributed by atoms with Crippen LogP contribution in [0.3, 0.4) is 0 Å². The van der Waals surface area contributed by atoms with Crippen molar-refractivity contribution in [2.45, 2.75) is 61.4 Å². The van der Waals surface area contributed by atoms with Crippen molar-refractivity contribution in [2.24, 2.45) is 0 Å². The third-order valence-electron chi connectivity index (χ3n) is 3.96. The molecule has 0 aromatic carbocycles. The van der Waals surface area contributed by atoms with Gasteiger partial charge >= 0.3 is 0 Å². The molecular weight excluding hydrogens is 320 g/mol. The maximum absolute atomic E-state index is 9.78. The molecule has 0 saturated carbocycles. The van der Waals surface area contributed by atoms with E-state index in [9.17, 15) is 35.7 Å². The molecule has 0 spiro atoms. The van der Waals surface area contributed by atoms with Crippen LogP contribution >= 0.6 is 0 Å². The molecule has 11 heteroatoms. The zero-order chi connectivity index (χ0) is 17.3. The van der Waals surface area contributed by atoms with Crippen LogP contribution < -0.4 is 0 Å². The van der Waals surface area contributed by atoms with Gasteiger partial charge in [-0.25, -0.2) is 0 Å². The molecule has 0 aliphatic carbocycles. The van der Waals surface area contributed by atoms with Gasteiger partial charge in [0.05, 0.1) is 13.2 Å².